The smallest absolute Gasteiger partial charge is 0.312 e. The van der Waals surface area contributed by atoms with Crippen LogP contribution in [0, 0.1) is 10.1 Å². The molecule has 21 heavy (non-hydrogen) atoms. The van der Waals surface area contributed by atoms with E-state index in [9.17, 15) is 15.2 Å². The lowest BCUT2D eigenvalue weighted by atomic mass is 10.1. The van der Waals surface area contributed by atoms with Crippen molar-refractivity contribution in [1.82, 2.24) is 0 Å². The predicted molar refractivity (Wildman–Crippen MR) is 87.8 cm³/mol. The molecule has 0 radical (unpaired) electrons. The molecule has 1 N–H and O–H groups in total. The molecule has 0 aliphatic heterocycles. The van der Waals surface area contributed by atoms with E-state index in [1.807, 2.05) is 11.4 Å². The van der Waals surface area contributed by atoms with Crippen LogP contribution >= 0.6 is 43.2 Å². The van der Waals surface area contributed by atoms with Crippen LogP contribution in [0.5, 0.6) is 5.75 Å². The van der Waals surface area contributed by atoms with Crippen LogP contribution in [0.3, 0.4) is 0 Å². The number of nitrogens with zero attached hydrogens (tertiary/aromatic N) is 1. The predicted octanol–water partition coefficient (Wildman–Crippen LogP) is 4.81. The minimum absolute atomic E-state index is 0.0958. The van der Waals surface area contributed by atoms with E-state index in [2.05, 4.69) is 31.9 Å². The molecule has 1 heterocycles. The largest absolute Gasteiger partial charge is 0.481 e. The van der Waals surface area contributed by atoms with Crippen LogP contribution in [0.2, 0.25) is 0 Å². The molecular formula is C13H11Br2NO4S. The van der Waals surface area contributed by atoms with E-state index in [0.717, 1.165) is 9.35 Å². The topological polar surface area (TPSA) is 72.6 Å². The van der Waals surface area contributed by atoms with E-state index in [1.165, 1.54) is 17.4 Å². The van der Waals surface area contributed by atoms with Crippen molar-refractivity contribution in [2.24, 2.45) is 0 Å². The van der Waals surface area contributed by atoms with E-state index >= 15 is 0 Å². The summed E-state index contributed by atoms with van der Waals surface area (Å²) in [6.07, 6.45) is -0.872. The van der Waals surface area contributed by atoms with Gasteiger partial charge in [0.1, 0.15) is 6.61 Å². The molecule has 8 heteroatoms. The fourth-order valence-corrected chi connectivity index (χ4v) is 3.61. The molecular weight excluding hydrogens is 426 g/mol. The van der Waals surface area contributed by atoms with Crippen molar-refractivity contribution >= 4 is 48.9 Å². The number of benzene rings is 1. The van der Waals surface area contributed by atoms with Crippen molar-refractivity contribution in [3.63, 3.8) is 0 Å². The first-order valence-corrected chi connectivity index (χ1v) is 8.37. The van der Waals surface area contributed by atoms with Crippen LogP contribution in [-0.4, -0.2) is 10.0 Å². The van der Waals surface area contributed by atoms with Crippen LogP contribution in [0.25, 0.3) is 0 Å². The van der Waals surface area contributed by atoms with Crippen LogP contribution in [0.4, 0.5) is 5.69 Å². The number of hydrogen-bond acceptors (Lipinski definition) is 5. The number of nitro benzene ring substituents is 1. The van der Waals surface area contributed by atoms with Gasteiger partial charge in [-0.25, -0.2) is 0 Å². The van der Waals surface area contributed by atoms with E-state index in [-0.39, 0.29) is 18.0 Å². The van der Waals surface area contributed by atoms with E-state index in [4.69, 9.17) is 4.74 Å². The van der Waals surface area contributed by atoms with Crippen molar-refractivity contribution in [3.8, 4) is 5.75 Å². The second-order valence-electron chi connectivity index (χ2n) is 4.26. The first kappa shape index (κ1) is 16.4. The highest BCUT2D eigenvalue weighted by atomic mass is 79.9. The summed E-state index contributed by atoms with van der Waals surface area (Å²) in [5, 5.41) is 22.9. The van der Waals surface area contributed by atoms with Crippen molar-refractivity contribution in [3.05, 3.63) is 53.1 Å². The molecule has 0 saturated heterocycles. The van der Waals surface area contributed by atoms with E-state index < -0.39 is 11.0 Å². The molecule has 1 aromatic heterocycles. The lowest BCUT2D eigenvalue weighted by molar-refractivity contribution is -0.386. The summed E-state index contributed by atoms with van der Waals surface area (Å²) in [5.41, 5.74) is 0.205. The molecule has 1 atom stereocenters. The molecule has 0 aliphatic carbocycles. The standard InChI is InChI=1S/C13H11Br2NO4S/c1-7(17)9-4-8(14)5-11(16(18)19)13(9)20-6-12-10(15)2-3-21-12/h2-5,7,17H,6H2,1H3/t7-/m1/s1. The fraction of sp³-hybridized carbons (Fsp3) is 0.231. The Morgan fingerprint density at radius 1 is 1.48 bits per heavy atom. The third-order valence-electron chi connectivity index (χ3n) is 2.75. The zero-order valence-corrected chi connectivity index (χ0v) is 14.9. The van der Waals surface area contributed by atoms with Crippen molar-refractivity contribution < 1.29 is 14.8 Å². The highest BCUT2D eigenvalue weighted by molar-refractivity contribution is 9.10. The average Bonchev–Trinajstić information content (AvgIpc) is 2.81. The zero-order chi connectivity index (χ0) is 15.6. The lowest BCUT2D eigenvalue weighted by Gasteiger charge is -2.14. The molecule has 2 aromatic rings. The molecule has 0 saturated carbocycles. The normalized spacial score (nSPS) is 12.2. The molecule has 1 aromatic carbocycles. The summed E-state index contributed by atoms with van der Waals surface area (Å²) in [7, 11) is 0. The van der Waals surface area contributed by atoms with E-state index in [1.54, 1.807) is 13.0 Å². The molecule has 0 amide bonds. The lowest BCUT2D eigenvalue weighted by Crippen LogP contribution is -2.04. The molecule has 0 aliphatic rings. The molecule has 0 spiro atoms. The SMILES string of the molecule is C[C@@H](O)c1cc(Br)cc([N+](=O)[O-])c1OCc1sccc1Br. The van der Waals surface area contributed by atoms with Gasteiger partial charge in [0.25, 0.3) is 0 Å². The van der Waals surface area contributed by atoms with Gasteiger partial charge in [0, 0.05) is 20.6 Å². The van der Waals surface area contributed by atoms with Crippen LogP contribution < -0.4 is 4.74 Å². The van der Waals surface area contributed by atoms with E-state index in [0.29, 0.717) is 10.0 Å². The monoisotopic (exact) mass is 435 g/mol. The Balaban J connectivity index is 2.40. The van der Waals surface area contributed by atoms with Gasteiger partial charge in [-0.1, -0.05) is 15.9 Å². The van der Waals surface area contributed by atoms with Crippen LogP contribution in [0.15, 0.2) is 32.5 Å². The molecule has 5 nitrogen and oxygen atoms in total. The van der Waals surface area contributed by atoms with Gasteiger partial charge in [-0.3, -0.25) is 10.1 Å². The Morgan fingerprint density at radius 3 is 2.71 bits per heavy atom. The first-order valence-electron chi connectivity index (χ1n) is 5.90. The third-order valence-corrected chi connectivity index (χ3v) is 5.11. The number of nitro groups is 1. The Morgan fingerprint density at radius 2 is 2.19 bits per heavy atom. The van der Waals surface area contributed by atoms with Gasteiger partial charge in [0.15, 0.2) is 0 Å². The number of ether oxygens (including phenoxy) is 1. The Labute approximate surface area is 142 Å². The van der Waals surface area contributed by atoms with Gasteiger partial charge in [0.2, 0.25) is 5.75 Å². The van der Waals surface area contributed by atoms with Crippen molar-refractivity contribution in [2.75, 3.05) is 0 Å². The number of rotatable bonds is 5. The van der Waals surface area contributed by atoms with Crippen LogP contribution in [0.1, 0.15) is 23.5 Å². The molecule has 0 fully saturated rings. The zero-order valence-electron chi connectivity index (χ0n) is 10.9. The second kappa shape index (κ2) is 6.87. The third kappa shape index (κ3) is 3.82. The minimum Gasteiger partial charge on any atom is -0.481 e. The minimum atomic E-state index is -0.872. The Hall–Kier alpha value is -0.960. The number of thiophene rings is 1. The van der Waals surface area contributed by atoms with Crippen molar-refractivity contribution in [1.29, 1.82) is 0 Å². The second-order valence-corrected chi connectivity index (χ2v) is 7.03. The van der Waals surface area contributed by atoms with Gasteiger partial charge in [0.05, 0.1) is 15.9 Å². The summed E-state index contributed by atoms with van der Waals surface area (Å²) >= 11 is 8.08. The maximum atomic E-state index is 11.2. The quantitative estimate of drug-likeness (QED) is 0.538. The summed E-state index contributed by atoms with van der Waals surface area (Å²) in [6.45, 7) is 1.74. The van der Waals surface area contributed by atoms with Gasteiger partial charge in [-0.15, -0.1) is 11.3 Å². The summed E-state index contributed by atoms with van der Waals surface area (Å²) in [5.74, 6) is 0.0958. The van der Waals surface area contributed by atoms with Gasteiger partial charge in [-0.2, -0.15) is 0 Å². The van der Waals surface area contributed by atoms with Crippen LogP contribution in [-0.2, 0) is 6.61 Å². The highest BCUT2D eigenvalue weighted by Gasteiger charge is 2.23. The van der Waals surface area contributed by atoms with Gasteiger partial charge in [-0.05, 0) is 40.4 Å². The average molecular weight is 437 g/mol. The molecule has 112 valence electrons. The first-order chi connectivity index (χ1) is 9.90. The van der Waals surface area contributed by atoms with Crippen molar-refractivity contribution in [2.45, 2.75) is 19.6 Å². The number of aliphatic hydroxyl groups is 1. The maximum Gasteiger partial charge on any atom is 0.312 e. The summed E-state index contributed by atoms with van der Waals surface area (Å²) < 4.78 is 7.05. The number of halogens is 2. The number of aliphatic hydroxyl groups excluding tert-OH is 1. The Bertz CT molecular complexity index is 672. The maximum absolute atomic E-state index is 11.2. The van der Waals surface area contributed by atoms with Gasteiger partial charge >= 0.3 is 5.69 Å². The molecule has 0 unspecified atom stereocenters. The summed E-state index contributed by atoms with van der Waals surface area (Å²) in [4.78, 5) is 11.6. The molecule has 0 bridgehead atoms. The molecule has 2 rings (SSSR count). The van der Waals surface area contributed by atoms with Gasteiger partial charge < -0.3 is 9.84 Å². The summed E-state index contributed by atoms with van der Waals surface area (Å²) in [6, 6.07) is 4.87. The highest BCUT2D eigenvalue weighted by Crippen LogP contribution is 2.38. The number of hydrogen-bond donors (Lipinski definition) is 1. The Kier molecular flexibility index (Phi) is 5.37. The fourth-order valence-electron chi connectivity index (χ4n) is 1.77.